The van der Waals surface area contributed by atoms with E-state index in [2.05, 4.69) is 17.1 Å². The summed E-state index contributed by atoms with van der Waals surface area (Å²) in [5.41, 5.74) is 4.98. The van der Waals surface area contributed by atoms with Crippen molar-refractivity contribution in [3.05, 3.63) is 87.3 Å². The van der Waals surface area contributed by atoms with E-state index >= 15 is 0 Å². The Bertz CT molecular complexity index is 1390. The zero-order valence-electron chi connectivity index (χ0n) is 16.5. The smallest absolute Gasteiger partial charge is 0.308 e. The van der Waals surface area contributed by atoms with Crippen LogP contribution in [0.1, 0.15) is 27.9 Å². The van der Waals surface area contributed by atoms with Crippen LogP contribution in [0.4, 0.5) is 0 Å². The molecule has 0 unspecified atom stereocenters. The van der Waals surface area contributed by atoms with Gasteiger partial charge in [0, 0.05) is 12.1 Å². The summed E-state index contributed by atoms with van der Waals surface area (Å²) in [4.78, 5) is 41.9. The second-order valence-corrected chi connectivity index (χ2v) is 8.32. The van der Waals surface area contributed by atoms with Gasteiger partial charge in [0.05, 0.1) is 18.1 Å². The first kappa shape index (κ1) is 19.4. The molecule has 1 aliphatic rings. The Morgan fingerprint density at radius 2 is 1.90 bits per heavy atom. The fourth-order valence-corrected chi connectivity index (χ4v) is 4.59. The third kappa shape index (κ3) is 3.68. The average Bonchev–Trinajstić information content (AvgIpc) is 3.41. The molecule has 0 atom stereocenters. The number of carbonyl (C=O) groups is 2. The van der Waals surface area contributed by atoms with E-state index in [4.69, 9.17) is 4.74 Å². The van der Waals surface area contributed by atoms with Crippen molar-refractivity contribution in [2.75, 3.05) is 6.61 Å². The number of Topliss-reactive ketones (excluding diaryl/α,β-unsaturated/α-hetero) is 1. The molecule has 0 aliphatic heterocycles. The number of hydrogen-bond donors (Lipinski definition) is 0. The van der Waals surface area contributed by atoms with Crippen LogP contribution in [-0.2, 0) is 22.5 Å². The number of aryl methyl sites for hydroxylation is 1. The molecule has 2 aromatic carbocycles. The summed E-state index contributed by atoms with van der Waals surface area (Å²) in [5, 5.41) is 2.34. The summed E-state index contributed by atoms with van der Waals surface area (Å²) in [7, 11) is 0. The Balaban J connectivity index is 1.21. The van der Waals surface area contributed by atoms with Gasteiger partial charge in [0.25, 0.3) is 5.56 Å². The standard InChI is InChI=1S/C24H18N2O4S/c27-21(17-6-5-16-11-15-3-1-2-4-18(15)20(16)12-17)13-30-22(28)7-9-26-14-25-23-19(24(26)29)8-10-31-23/h1-6,8,10,12,14H,7,9,11,13H2. The maximum atomic E-state index is 12.6. The van der Waals surface area contributed by atoms with Crippen molar-refractivity contribution in [1.82, 2.24) is 9.55 Å². The number of esters is 1. The molecule has 6 nitrogen and oxygen atoms in total. The van der Waals surface area contributed by atoms with Crippen molar-refractivity contribution in [3.63, 3.8) is 0 Å². The van der Waals surface area contributed by atoms with Gasteiger partial charge >= 0.3 is 5.97 Å². The predicted octanol–water partition coefficient (Wildman–Crippen LogP) is 3.85. The fraction of sp³-hybridized carbons (Fsp3) is 0.167. The lowest BCUT2D eigenvalue weighted by Gasteiger charge is -2.08. The summed E-state index contributed by atoms with van der Waals surface area (Å²) >= 11 is 1.39. The Labute approximate surface area is 181 Å². The molecular formula is C24H18N2O4S. The molecule has 5 rings (SSSR count). The minimum Gasteiger partial charge on any atom is -0.457 e. The monoisotopic (exact) mass is 430 g/mol. The number of ether oxygens (including phenoxy) is 1. The Morgan fingerprint density at radius 1 is 1.06 bits per heavy atom. The molecule has 0 saturated heterocycles. The molecule has 0 bridgehead atoms. The van der Waals surface area contributed by atoms with Crippen molar-refractivity contribution in [3.8, 4) is 11.1 Å². The van der Waals surface area contributed by atoms with Crippen LogP contribution < -0.4 is 5.56 Å². The van der Waals surface area contributed by atoms with Gasteiger partial charge in [-0.25, -0.2) is 4.98 Å². The topological polar surface area (TPSA) is 78.3 Å². The molecule has 0 spiro atoms. The van der Waals surface area contributed by atoms with E-state index in [0.717, 1.165) is 17.5 Å². The van der Waals surface area contributed by atoms with Gasteiger partial charge < -0.3 is 4.74 Å². The van der Waals surface area contributed by atoms with Crippen LogP contribution in [0.3, 0.4) is 0 Å². The molecular weight excluding hydrogens is 412 g/mol. The highest BCUT2D eigenvalue weighted by atomic mass is 32.1. The first-order valence-corrected chi connectivity index (χ1v) is 10.8. The maximum absolute atomic E-state index is 12.6. The van der Waals surface area contributed by atoms with E-state index in [9.17, 15) is 14.4 Å². The molecule has 0 N–H and O–H groups in total. The molecule has 4 aromatic rings. The predicted molar refractivity (Wildman–Crippen MR) is 118 cm³/mol. The molecule has 0 amide bonds. The molecule has 0 radical (unpaired) electrons. The van der Waals surface area contributed by atoms with Crippen molar-refractivity contribution >= 4 is 33.3 Å². The number of benzene rings is 2. The zero-order chi connectivity index (χ0) is 21.4. The maximum Gasteiger partial charge on any atom is 0.308 e. The van der Waals surface area contributed by atoms with Gasteiger partial charge in [-0.2, -0.15) is 0 Å². The number of ketones is 1. The second kappa shape index (κ2) is 7.92. The van der Waals surface area contributed by atoms with Crippen LogP contribution in [0.15, 0.2) is 65.0 Å². The van der Waals surface area contributed by atoms with Crippen molar-refractivity contribution in [2.45, 2.75) is 19.4 Å². The number of aromatic nitrogens is 2. The number of thiophene rings is 1. The van der Waals surface area contributed by atoms with Gasteiger partial charge in [0.1, 0.15) is 4.83 Å². The highest BCUT2D eigenvalue weighted by molar-refractivity contribution is 7.16. The third-order valence-corrected chi connectivity index (χ3v) is 6.31. The van der Waals surface area contributed by atoms with Gasteiger partial charge in [-0.05, 0) is 46.2 Å². The zero-order valence-corrected chi connectivity index (χ0v) is 17.4. The number of nitrogens with zero attached hydrogens (tertiary/aromatic N) is 2. The Hall–Kier alpha value is -3.58. The molecule has 0 fully saturated rings. The summed E-state index contributed by atoms with van der Waals surface area (Å²) < 4.78 is 6.54. The van der Waals surface area contributed by atoms with Crippen LogP contribution in [-0.4, -0.2) is 27.9 Å². The van der Waals surface area contributed by atoms with E-state index in [0.29, 0.717) is 15.8 Å². The molecule has 154 valence electrons. The van der Waals surface area contributed by atoms with Crippen LogP contribution in [0.25, 0.3) is 21.3 Å². The molecule has 0 saturated carbocycles. The number of rotatable bonds is 6. The minimum absolute atomic E-state index is 0.0118. The lowest BCUT2D eigenvalue weighted by molar-refractivity contribution is -0.142. The van der Waals surface area contributed by atoms with E-state index in [-0.39, 0.29) is 30.9 Å². The summed E-state index contributed by atoms with van der Waals surface area (Å²) in [6, 6.07) is 15.5. The third-order valence-electron chi connectivity index (χ3n) is 5.49. The van der Waals surface area contributed by atoms with Gasteiger partial charge in [0.2, 0.25) is 0 Å². The summed E-state index contributed by atoms with van der Waals surface area (Å²) in [6.07, 6.45) is 2.28. The van der Waals surface area contributed by atoms with Crippen LogP contribution in [0.5, 0.6) is 0 Å². The second-order valence-electron chi connectivity index (χ2n) is 7.42. The number of carbonyl (C=O) groups excluding carboxylic acids is 2. The normalized spacial score (nSPS) is 11.9. The highest BCUT2D eigenvalue weighted by Gasteiger charge is 2.20. The van der Waals surface area contributed by atoms with Crippen LogP contribution in [0, 0.1) is 0 Å². The lowest BCUT2D eigenvalue weighted by atomic mass is 10.0. The molecule has 1 aliphatic carbocycles. The average molecular weight is 430 g/mol. The van der Waals surface area contributed by atoms with Gasteiger partial charge in [-0.15, -0.1) is 11.3 Å². The highest BCUT2D eigenvalue weighted by Crippen LogP contribution is 2.36. The lowest BCUT2D eigenvalue weighted by Crippen LogP contribution is -2.22. The molecule has 31 heavy (non-hydrogen) atoms. The fourth-order valence-electron chi connectivity index (χ4n) is 3.86. The SMILES string of the molecule is O=C(CCn1cnc2sccc2c1=O)OCC(=O)c1ccc2c(c1)-c1ccccc1C2. The van der Waals surface area contributed by atoms with E-state index in [1.807, 2.05) is 24.3 Å². The van der Waals surface area contributed by atoms with E-state index in [1.165, 1.54) is 33.4 Å². The minimum atomic E-state index is -0.530. The molecule has 2 aromatic heterocycles. The van der Waals surface area contributed by atoms with Crippen molar-refractivity contribution < 1.29 is 14.3 Å². The first-order valence-electron chi connectivity index (χ1n) is 9.93. The van der Waals surface area contributed by atoms with Gasteiger partial charge in [0.15, 0.2) is 12.4 Å². The molecule has 7 heteroatoms. The number of fused-ring (bicyclic) bond motifs is 4. The largest absolute Gasteiger partial charge is 0.457 e. The Morgan fingerprint density at radius 3 is 2.81 bits per heavy atom. The van der Waals surface area contributed by atoms with E-state index in [1.54, 1.807) is 17.5 Å². The van der Waals surface area contributed by atoms with Crippen LogP contribution in [0.2, 0.25) is 0 Å². The van der Waals surface area contributed by atoms with E-state index < -0.39 is 5.97 Å². The van der Waals surface area contributed by atoms with Gasteiger partial charge in [-0.1, -0.05) is 36.4 Å². The first-order chi connectivity index (χ1) is 15.1. The van der Waals surface area contributed by atoms with Crippen LogP contribution >= 0.6 is 11.3 Å². The van der Waals surface area contributed by atoms with Crippen molar-refractivity contribution in [2.24, 2.45) is 0 Å². The quantitative estimate of drug-likeness (QED) is 0.302. The van der Waals surface area contributed by atoms with Crippen molar-refractivity contribution in [1.29, 1.82) is 0 Å². The summed E-state index contributed by atoms with van der Waals surface area (Å²) in [6.45, 7) is -0.170. The Kier molecular flexibility index (Phi) is 4.95. The number of hydrogen-bond acceptors (Lipinski definition) is 6. The molecule has 2 heterocycles. The van der Waals surface area contributed by atoms with Gasteiger partial charge in [-0.3, -0.25) is 19.0 Å². The summed E-state index contributed by atoms with van der Waals surface area (Å²) in [5.74, 6) is -0.781.